The predicted octanol–water partition coefficient (Wildman–Crippen LogP) is 5.02. The van der Waals surface area contributed by atoms with Crippen LogP contribution >= 0.6 is 22.9 Å². The topological polar surface area (TPSA) is 81.3 Å². The zero-order valence-electron chi connectivity index (χ0n) is 21.7. The average molecular weight is 566 g/mol. The van der Waals surface area contributed by atoms with Gasteiger partial charge in [0.1, 0.15) is 5.15 Å². The Morgan fingerprint density at radius 1 is 0.950 bits per heavy atom. The molecule has 1 N–H and O–H groups in total. The van der Waals surface area contributed by atoms with Crippen LogP contribution in [0.2, 0.25) is 5.15 Å². The number of aromatic nitrogens is 3. The SMILES string of the molecule is CC1=C(C(=O)Nc2ccccc2)C(c2ccccc2)n2c(s/c(=C\c3c(C)nn(-c4ccccc4)c3Cl)c2=O)=N1. The van der Waals surface area contributed by atoms with Crippen molar-refractivity contribution in [3.05, 3.63) is 144 Å². The number of rotatable bonds is 5. The molecule has 1 aliphatic heterocycles. The summed E-state index contributed by atoms with van der Waals surface area (Å²) in [6, 6.07) is 27.7. The minimum Gasteiger partial charge on any atom is -0.322 e. The van der Waals surface area contributed by atoms with Gasteiger partial charge in [-0.1, -0.05) is 89.7 Å². The van der Waals surface area contributed by atoms with E-state index in [1.807, 2.05) is 97.9 Å². The van der Waals surface area contributed by atoms with Crippen molar-refractivity contribution in [2.75, 3.05) is 5.32 Å². The smallest absolute Gasteiger partial charge is 0.271 e. The molecule has 1 unspecified atom stereocenters. The Hall–Kier alpha value is -4.53. The summed E-state index contributed by atoms with van der Waals surface area (Å²) >= 11 is 8.03. The number of benzene rings is 3. The van der Waals surface area contributed by atoms with Crippen LogP contribution < -0.4 is 20.2 Å². The predicted molar refractivity (Wildman–Crippen MR) is 159 cm³/mol. The lowest BCUT2D eigenvalue weighted by Gasteiger charge is -2.25. The number of hydrogen-bond acceptors (Lipinski definition) is 5. The lowest BCUT2D eigenvalue weighted by molar-refractivity contribution is -0.113. The molecule has 3 heterocycles. The van der Waals surface area contributed by atoms with Crippen LogP contribution in [-0.2, 0) is 4.79 Å². The van der Waals surface area contributed by atoms with Crippen molar-refractivity contribution in [2.24, 2.45) is 4.99 Å². The first-order chi connectivity index (χ1) is 19.4. The fraction of sp³-hybridized carbons (Fsp3) is 0.0968. The van der Waals surface area contributed by atoms with Crippen LogP contribution in [0.5, 0.6) is 0 Å². The summed E-state index contributed by atoms with van der Waals surface area (Å²) in [6.07, 6.45) is 1.76. The molecule has 2 aromatic heterocycles. The molecule has 0 radical (unpaired) electrons. The first kappa shape index (κ1) is 25.7. The Balaban J connectivity index is 1.49. The van der Waals surface area contributed by atoms with Crippen molar-refractivity contribution >= 4 is 40.6 Å². The molecule has 5 aromatic rings. The summed E-state index contributed by atoms with van der Waals surface area (Å²) in [6.45, 7) is 3.66. The van der Waals surface area contributed by atoms with Crippen LogP contribution in [0.25, 0.3) is 11.8 Å². The largest absolute Gasteiger partial charge is 0.322 e. The molecule has 40 heavy (non-hydrogen) atoms. The van der Waals surface area contributed by atoms with Gasteiger partial charge < -0.3 is 5.32 Å². The molecule has 0 spiro atoms. The summed E-state index contributed by atoms with van der Waals surface area (Å²) in [5.41, 5.74) is 4.37. The molecule has 0 saturated heterocycles. The second-order valence-electron chi connectivity index (χ2n) is 9.35. The van der Waals surface area contributed by atoms with E-state index in [1.165, 1.54) is 11.3 Å². The van der Waals surface area contributed by atoms with Gasteiger partial charge >= 0.3 is 0 Å². The first-order valence-corrected chi connectivity index (χ1v) is 13.9. The molecule has 3 aromatic carbocycles. The molecule has 0 aliphatic carbocycles. The molecule has 0 saturated carbocycles. The third-order valence-electron chi connectivity index (χ3n) is 6.74. The van der Waals surface area contributed by atoms with Crippen LogP contribution in [-0.4, -0.2) is 20.3 Å². The summed E-state index contributed by atoms with van der Waals surface area (Å²) < 4.78 is 3.71. The molecule has 6 rings (SSSR count). The highest BCUT2D eigenvalue weighted by Gasteiger charge is 2.32. The zero-order chi connectivity index (χ0) is 27.8. The van der Waals surface area contributed by atoms with Crippen LogP contribution in [0.3, 0.4) is 0 Å². The van der Waals surface area contributed by atoms with Gasteiger partial charge in [-0.3, -0.25) is 14.2 Å². The van der Waals surface area contributed by atoms with Gasteiger partial charge in [-0.05, 0) is 49.8 Å². The maximum absolute atomic E-state index is 14.0. The van der Waals surface area contributed by atoms with E-state index in [1.54, 1.807) is 22.2 Å². The second-order valence-corrected chi connectivity index (χ2v) is 10.7. The highest BCUT2D eigenvalue weighted by Crippen LogP contribution is 2.31. The highest BCUT2D eigenvalue weighted by molar-refractivity contribution is 7.07. The molecular formula is C31H24ClN5O2S. The van der Waals surface area contributed by atoms with Crippen molar-refractivity contribution in [2.45, 2.75) is 19.9 Å². The van der Waals surface area contributed by atoms with Crippen LogP contribution in [0.4, 0.5) is 5.69 Å². The number of halogens is 1. The van der Waals surface area contributed by atoms with E-state index in [9.17, 15) is 9.59 Å². The van der Waals surface area contributed by atoms with Crippen molar-refractivity contribution in [3.63, 3.8) is 0 Å². The number of hydrogen-bond donors (Lipinski definition) is 1. The van der Waals surface area contributed by atoms with E-state index in [2.05, 4.69) is 10.4 Å². The summed E-state index contributed by atoms with van der Waals surface area (Å²) in [4.78, 5) is 32.9. The molecule has 0 fully saturated rings. The average Bonchev–Trinajstić information content (AvgIpc) is 3.43. The lowest BCUT2D eigenvalue weighted by Crippen LogP contribution is -2.40. The Morgan fingerprint density at radius 2 is 1.57 bits per heavy atom. The van der Waals surface area contributed by atoms with Gasteiger partial charge in [0.2, 0.25) is 0 Å². The molecule has 9 heteroatoms. The summed E-state index contributed by atoms with van der Waals surface area (Å²) in [5.74, 6) is -0.307. The zero-order valence-corrected chi connectivity index (χ0v) is 23.3. The van der Waals surface area contributed by atoms with Gasteiger partial charge in [0.25, 0.3) is 11.5 Å². The maximum Gasteiger partial charge on any atom is 0.271 e. The van der Waals surface area contributed by atoms with E-state index >= 15 is 0 Å². The third kappa shape index (κ3) is 4.61. The number of nitrogens with zero attached hydrogens (tertiary/aromatic N) is 4. The minimum atomic E-state index is -0.646. The molecule has 1 amide bonds. The number of fused-ring (bicyclic) bond motifs is 1. The van der Waals surface area contributed by atoms with E-state index in [4.69, 9.17) is 16.6 Å². The molecule has 198 valence electrons. The van der Waals surface area contributed by atoms with Gasteiger partial charge in [0, 0.05) is 11.3 Å². The number of para-hydroxylation sites is 2. The van der Waals surface area contributed by atoms with Crippen molar-refractivity contribution in [1.82, 2.24) is 14.3 Å². The number of carbonyl (C=O) groups excluding carboxylic acids is 1. The number of amides is 1. The van der Waals surface area contributed by atoms with Crippen LogP contribution in [0.15, 0.2) is 112 Å². The van der Waals surface area contributed by atoms with E-state index in [-0.39, 0.29) is 11.5 Å². The number of aryl methyl sites for hydroxylation is 1. The van der Waals surface area contributed by atoms with E-state index in [0.717, 1.165) is 11.3 Å². The highest BCUT2D eigenvalue weighted by atomic mass is 35.5. The van der Waals surface area contributed by atoms with E-state index < -0.39 is 6.04 Å². The van der Waals surface area contributed by atoms with Gasteiger partial charge in [0.15, 0.2) is 4.80 Å². The standard InChI is InChI=1S/C31H24ClN5O2S/c1-19-24(28(32)37(35-19)23-16-10-5-11-17-23)18-25-30(39)36-27(21-12-6-3-7-13-21)26(20(2)33-31(36)40-25)29(38)34-22-14-8-4-9-15-22/h3-18,27H,1-2H3,(H,34,38)/b25-18-. The lowest BCUT2D eigenvalue weighted by atomic mass is 9.95. The van der Waals surface area contributed by atoms with Crippen molar-refractivity contribution < 1.29 is 4.79 Å². The van der Waals surface area contributed by atoms with Crippen molar-refractivity contribution in [3.8, 4) is 5.69 Å². The van der Waals surface area contributed by atoms with Gasteiger partial charge in [0.05, 0.1) is 33.2 Å². The Labute approximate surface area is 239 Å². The Morgan fingerprint density at radius 3 is 2.25 bits per heavy atom. The minimum absolute atomic E-state index is 0.252. The maximum atomic E-state index is 14.0. The summed E-state index contributed by atoms with van der Waals surface area (Å²) in [5, 5.41) is 7.98. The van der Waals surface area contributed by atoms with Crippen LogP contribution in [0.1, 0.15) is 29.8 Å². The fourth-order valence-electron chi connectivity index (χ4n) is 4.83. The summed E-state index contributed by atoms with van der Waals surface area (Å²) in [7, 11) is 0. The number of thiazole rings is 1. The number of anilines is 1. The third-order valence-corrected chi connectivity index (χ3v) is 8.08. The monoisotopic (exact) mass is 565 g/mol. The Kier molecular flexibility index (Phi) is 6.79. The first-order valence-electron chi connectivity index (χ1n) is 12.7. The molecule has 0 bridgehead atoms. The van der Waals surface area contributed by atoms with Gasteiger partial charge in [-0.25, -0.2) is 9.67 Å². The molecule has 1 atom stereocenters. The van der Waals surface area contributed by atoms with Crippen molar-refractivity contribution in [1.29, 1.82) is 0 Å². The fourth-order valence-corrected chi connectivity index (χ4v) is 6.18. The van der Waals surface area contributed by atoms with E-state index in [0.29, 0.717) is 42.7 Å². The molecule has 7 nitrogen and oxygen atoms in total. The van der Waals surface area contributed by atoms with Gasteiger partial charge in [-0.15, -0.1) is 0 Å². The number of carbonyl (C=O) groups is 1. The van der Waals surface area contributed by atoms with Gasteiger partial charge in [-0.2, -0.15) is 5.10 Å². The quantitative estimate of drug-likeness (QED) is 0.325. The normalized spacial score (nSPS) is 15.1. The number of nitrogens with one attached hydrogen (secondary N) is 1. The second kappa shape index (κ2) is 10.6. The van der Waals surface area contributed by atoms with Crippen LogP contribution in [0, 0.1) is 6.92 Å². The Bertz CT molecular complexity index is 1940. The molecule has 1 aliphatic rings. The number of allylic oxidation sites excluding steroid dienone is 1. The molecular weight excluding hydrogens is 542 g/mol.